The average Bonchev–Trinajstić information content (AvgIpc) is 3.03. The number of anilines is 2. The zero-order valence-electron chi connectivity index (χ0n) is 26.0. The first kappa shape index (κ1) is 36.5. The third kappa shape index (κ3) is 13.3. The minimum atomic E-state index is -0.739. The summed E-state index contributed by atoms with van der Waals surface area (Å²) in [4.78, 5) is 11.3. The summed E-state index contributed by atoms with van der Waals surface area (Å²) in [5, 5.41) is 0. The summed E-state index contributed by atoms with van der Waals surface area (Å²) in [6.07, 6.45) is -0.739. The highest BCUT2D eigenvalue weighted by atomic mass is 16.7. The van der Waals surface area contributed by atoms with Gasteiger partial charge in [-0.15, -0.1) is 0 Å². The van der Waals surface area contributed by atoms with Gasteiger partial charge in [0, 0.05) is 0 Å². The number of benzene rings is 5. The number of para-hydroxylation sites is 3. The molecule has 46 heavy (non-hydrogen) atoms. The molecule has 0 aliphatic heterocycles. The Morgan fingerprint density at radius 2 is 0.978 bits per heavy atom. The van der Waals surface area contributed by atoms with Gasteiger partial charge >= 0.3 is 6.16 Å². The lowest BCUT2D eigenvalue weighted by molar-refractivity contribution is 0.152. The predicted molar refractivity (Wildman–Crippen MR) is 189 cm³/mol. The molecule has 0 amide bonds. The van der Waals surface area contributed by atoms with Crippen LogP contribution in [0.2, 0.25) is 0 Å². The Labute approximate surface area is 272 Å². The van der Waals surface area contributed by atoms with Gasteiger partial charge in [0.1, 0.15) is 17.2 Å². The van der Waals surface area contributed by atoms with Crippen LogP contribution in [-0.2, 0) is 0 Å². The SMILES string of the molecule is C.C=C(NNc1ccc(C)cc1C)Oc1ccccc1.Cc1ccc(NN)c(C)c1.O=C(Oc1ccccc1)Oc1ccccc1. The van der Waals surface area contributed by atoms with Crippen LogP contribution in [0.5, 0.6) is 17.2 Å². The van der Waals surface area contributed by atoms with E-state index in [-0.39, 0.29) is 7.43 Å². The summed E-state index contributed by atoms with van der Waals surface area (Å²) >= 11 is 0. The highest BCUT2D eigenvalue weighted by Crippen LogP contribution is 2.17. The van der Waals surface area contributed by atoms with Gasteiger partial charge in [0.05, 0.1) is 11.4 Å². The Morgan fingerprint density at radius 1 is 0.587 bits per heavy atom. The first-order valence-corrected chi connectivity index (χ1v) is 14.3. The Morgan fingerprint density at radius 3 is 1.37 bits per heavy atom. The number of aryl methyl sites for hydroxylation is 4. The van der Waals surface area contributed by atoms with Crippen LogP contribution in [-0.4, -0.2) is 6.16 Å². The molecule has 0 aliphatic carbocycles. The van der Waals surface area contributed by atoms with Gasteiger partial charge < -0.3 is 19.6 Å². The van der Waals surface area contributed by atoms with Gasteiger partial charge in [-0.1, -0.05) is 97.4 Å². The number of nitrogens with two attached hydrogens (primary N) is 1. The first-order chi connectivity index (χ1) is 21.7. The molecule has 5 aromatic rings. The van der Waals surface area contributed by atoms with Gasteiger partial charge in [0.2, 0.25) is 5.88 Å². The minimum Gasteiger partial charge on any atom is -0.440 e. The zero-order chi connectivity index (χ0) is 32.4. The van der Waals surface area contributed by atoms with E-state index in [2.05, 4.69) is 61.8 Å². The number of carbonyl (C=O) groups excluding carboxylic acids is 1. The van der Waals surface area contributed by atoms with E-state index in [9.17, 15) is 4.79 Å². The number of hydrogen-bond donors (Lipinski definition) is 4. The lowest BCUT2D eigenvalue weighted by atomic mass is 10.1. The number of hydrogen-bond acceptors (Lipinski definition) is 8. The predicted octanol–water partition coefficient (Wildman–Crippen LogP) is 9.26. The van der Waals surface area contributed by atoms with Crippen LogP contribution < -0.4 is 36.3 Å². The molecule has 0 saturated carbocycles. The molecule has 0 fully saturated rings. The molecule has 0 aromatic heterocycles. The molecule has 0 aliphatic rings. The summed E-state index contributed by atoms with van der Waals surface area (Å²) < 4.78 is 15.4. The molecule has 8 heteroatoms. The molecule has 0 saturated heterocycles. The molecule has 0 bridgehead atoms. The Bertz CT molecular complexity index is 1590. The number of rotatable bonds is 8. The van der Waals surface area contributed by atoms with Crippen molar-refractivity contribution in [1.82, 2.24) is 5.43 Å². The van der Waals surface area contributed by atoms with Gasteiger partial charge in [0.25, 0.3) is 0 Å². The largest absolute Gasteiger partial charge is 0.519 e. The molecule has 5 rings (SSSR count). The first-order valence-electron chi connectivity index (χ1n) is 14.3. The molecule has 0 unspecified atom stereocenters. The van der Waals surface area contributed by atoms with Crippen LogP contribution >= 0.6 is 0 Å². The van der Waals surface area contributed by atoms with Crippen LogP contribution in [0.25, 0.3) is 0 Å². The van der Waals surface area contributed by atoms with Crippen LogP contribution in [0.4, 0.5) is 16.2 Å². The molecule has 0 radical (unpaired) electrons. The number of nitrogens with one attached hydrogen (secondary N) is 3. The van der Waals surface area contributed by atoms with Gasteiger partial charge in [-0.05, 0) is 93.9 Å². The topological polar surface area (TPSA) is 107 Å². The van der Waals surface area contributed by atoms with Crippen molar-refractivity contribution >= 4 is 17.5 Å². The lowest BCUT2D eigenvalue weighted by Gasteiger charge is -2.14. The maximum Gasteiger partial charge on any atom is 0.519 e. The highest BCUT2D eigenvalue weighted by molar-refractivity contribution is 5.66. The van der Waals surface area contributed by atoms with Gasteiger partial charge in [0.15, 0.2) is 0 Å². The van der Waals surface area contributed by atoms with E-state index in [1.165, 1.54) is 22.3 Å². The van der Waals surface area contributed by atoms with Crippen molar-refractivity contribution in [2.45, 2.75) is 35.1 Å². The second-order valence-corrected chi connectivity index (χ2v) is 9.95. The molecular weight excluding hydrogens is 576 g/mol. The van der Waals surface area contributed by atoms with E-state index in [1.54, 1.807) is 48.5 Å². The Kier molecular flexibility index (Phi) is 15.5. The third-order valence-electron chi connectivity index (χ3n) is 6.13. The Balaban J connectivity index is 0.000000248. The molecule has 5 N–H and O–H groups in total. The van der Waals surface area contributed by atoms with Crippen LogP contribution in [0.3, 0.4) is 0 Å². The minimum absolute atomic E-state index is 0. The fraction of sp³-hybridized carbons (Fsp3) is 0.132. The van der Waals surface area contributed by atoms with Crippen molar-refractivity contribution in [3.05, 3.63) is 162 Å². The Hall–Kier alpha value is -5.73. The highest BCUT2D eigenvalue weighted by Gasteiger charge is 2.06. The van der Waals surface area contributed by atoms with Crippen LogP contribution in [0.15, 0.2) is 140 Å². The van der Waals surface area contributed by atoms with Crippen LogP contribution in [0, 0.1) is 27.7 Å². The van der Waals surface area contributed by atoms with Crippen molar-refractivity contribution in [1.29, 1.82) is 0 Å². The summed E-state index contributed by atoms with van der Waals surface area (Å²) in [5.74, 6) is 7.38. The maximum atomic E-state index is 11.3. The third-order valence-corrected chi connectivity index (χ3v) is 6.13. The summed E-state index contributed by atoms with van der Waals surface area (Å²) in [6.45, 7) is 12.0. The zero-order valence-corrected chi connectivity index (χ0v) is 26.0. The summed E-state index contributed by atoms with van der Waals surface area (Å²) in [5.41, 5.74) is 15.5. The van der Waals surface area contributed by atoms with Crippen LogP contribution in [0.1, 0.15) is 29.7 Å². The van der Waals surface area contributed by atoms with Crippen molar-refractivity contribution < 1.29 is 19.0 Å². The van der Waals surface area contributed by atoms with E-state index in [0.717, 1.165) is 17.1 Å². The fourth-order valence-electron chi connectivity index (χ4n) is 3.91. The lowest BCUT2D eigenvalue weighted by Crippen LogP contribution is -2.24. The molecule has 5 aromatic carbocycles. The van der Waals surface area contributed by atoms with E-state index in [4.69, 9.17) is 20.1 Å². The molecule has 0 spiro atoms. The second kappa shape index (κ2) is 19.5. The standard InChI is InChI=1S/C16H18N2O.C13H10O3.C8H12N2.CH4/c1-12-9-10-16(13(2)11-12)18-17-14(3)19-15-7-5-4-6-8-15;14-13(15-11-7-3-1-4-8-11)16-12-9-5-2-6-10-12;1-6-3-4-8(10-9)7(2)5-6;/h4-11,17-18H,3H2,1-2H3;1-10H;3-5,10H,9H2,1-2H3;1H4. The number of hydrazine groups is 2. The normalized spacial score (nSPS) is 9.41. The van der Waals surface area contributed by atoms with Crippen molar-refractivity contribution in [2.24, 2.45) is 5.84 Å². The monoisotopic (exact) mass is 620 g/mol. The van der Waals surface area contributed by atoms with E-state index < -0.39 is 6.16 Å². The molecule has 0 atom stereocenters. The molecular formula is C38H44N4O4. The van der Waals surface area contributed by atoms with Crippen molar-refractivity contribution in [3.63, 3.8) is 0 Å². The van der Waals surface area contributed by atoms with E-state index in [1.807, 2.05) is 67.6 Å². The fourth-order valence-corrected chi connectivity index (χ4v) is 3.91. The maximum absolute atomic E-state index is 11.3. The van der Waals surface area contributed by atoms with Gasteiger partial charge in [-0.25, -0.2) is 4.79 Å². The van der Waals surface area contributed by atoms with E-state index in [0.29, 0.717) is 17.4 Å². The van der Waals surface area contributed by atoms with Crippen molar-refractivity contribution in [2.75, 3.05) is 10.9 Å². The number of ether oxygens (including phenoxy) is 3. The van der Waals surface area contributed by atoms with Gasteiger partial charge in [-0.2, -0.15) is 0 Å². The van der Waals surface area contributed by atoms with E-state index >= 15 is 0 Å². The molecule has 0 heterocycles. The summed E-state index contributed by atoms with van der Waals surface area (Å²) in [6, 6.07) is 39.4. The summed E-state index contributed by atoms with van der Waals surface area (Å²) in [7, 11) is 0. The average molecular weight is 621 g/mol. The smallest absolute Gasteiger partial charge is 0.440 e. The number of nitrogen functional groups attached to an aromatic ring is 1. The quantitative estimate of drug-likeness (QED) is 0.0447. The van der Waals surface area contributed by atoms with Crippen molar-refractivity contribution in [3.8, 4) is 17.2 Å². The number of carbonyl (C=O) groups is 1. The molecule has 8 nitrogen and oxygen atoms in total. The molecule has 240 valence electrons. The van der Waals surface area contributed by atoms with Gasteiger partial charge in [-0.3, -0.25) is 16.7 Å². The second-order valence-electron chi connectivity index (χ2n) is 9.95.